The second-order valence-corrected chi connectivity index (χ2v) is 12.7. The lowest BCUT2D eigenvalue weighted by Crippen LogP contribution is -2.12. The van der Waals surface area contributed by atoms with Crippen LogP contribution in [0, 0.1) is 6.92 Å². The van der Waals surface area contributed by atoms with E-state index in [4.69, 9.17) is 10.7 Å². The summed E-state index contributed by atoms with van der Waals surface area (Å²) in [4.78, 5) is 33.4. The molecule has 3 N–H and O–H groups in total. The topological polar surface area (TPSA) is 85.1 Å². The smallest absolute Gasteiger partial charge is 0.267 e. The number of aryl methyl sites for hydroxylation is 1. The molecule has 7 aromatic rings. The van der Waals surface area contributed by atoms with Gasteiger partial charge in [0.25, 0.3) is 5.91 Å². The van der Waals surface area contributed by atoms with E-state index in [1.54, 1.807) is 47.8 Å². The number of anilines is 2. The summed E-state index contributed by atoms with van der Waals surface area (Å²) in [6.07, 6.45) is 3.36. The molecule has 0 saturated carbocycles. The first kappa shape index (κ1) is 28.4. The van der Waals surface area contributed by atoms with Gasteiger partial charge in [0.2, 0.25) is 0 Å². The van der Waals surface area contributed by atoms with Crippen LogP contribution in [0.15, 0.2) is 121 Å². The van der Waals surface area contributed by atoms with E-state index in [1.165, 1.54) is 11.3 Å². The number of carbonyl (C=O) groups is 2. The van der Waals surface area contributed by atoms with E-state index in [1.807, 2.05) is 41.8 Å². The molecule has 45 heavy (non-hydrogen) atoms. The SMILES string of the molecule is Cc1cccc(-c2cc(-c3cccc4ccccc34)nc3sc(C(=O)Nc4ccc(C(=O)/C=C/c5cccs5)cc4)c(N)c23)c1. The van der Waals surface area contributed by atoms with E-state index in [0.717, 1.165) is 49.0 Å². The molecular weight excluding hydrogens is 595 g/mol. The number of rotatable bonds is 7. The van der Waals surface area contributed by atoms with E-state index >= 15 is 0 Å². The maximum Gasteiger partial charge on any atom is 0.267 e. The summed E-state index contributed by atoms with van der Waals surface area (Å²) in [5.74, 6) is -0.430. The van der Waals surface area contributed by atoms with Crippen molar-refractivity contribution in [2.45, 2.75) is 6.92 Å². The van der Waals surface area contributed by atoms with Gasteiger partial charge in [0, 0.05) is 27.1 Å². The molecule has 3 heterocycles. The number of benzene rings is 4. The molecule has 0 atom stereocenters. The molecule has 0 aliphatic rings. The zero-order valence-electron chi connectivity index (χ0n) is 24.3. The summed E-state index contributed by atoms with van der Waals surface area (Å²) in [5.41, 5.74) is 13.1. The number of ketones is 1. The molecule has 7 heteroatoms. The van der Waals surface area contributed by atoms with Crippen LogP contribution >= 0.6 is 22.7 Å². The third-order valence-corrected chi connectivity index (χ3v) is 9.61. The van der Waals surface area contributed by atoms with Gasteiger partial charge < -0.3 is 11.1 Å². The standard InChI is InChI=1S/C38H27N3O2S2/c1-23-7-4-10-26(21-23)31-22-32(30-13-5-9-24-8-2-3-12-29(24)30)41-38-34(31)35(39)36(45-38)37(43)40-27-16-14-25(15-17-27)33(42)19-18-28-11-6-20-44-28/h2-22H,39H2,1H3,(H,40,43)/b19-18+. The Labute approximate surface area is 268 Å². The highest BCUT2D eigenvalue weighted by Gasteiger charge is 2.22. The first-order chi connectivity index (χ1) is 21.9. The van der Waals surface area contributed by atoms with Crippen molar-refractivity contribution in [2.75, 3.05) is 11.1 Å². The summed E-state index contributed by atoms with van der Waals surface area (Å²) < 4.78 is 0. The van der Waals surface area contributed by atoms with Gasteiger partial charge in [0.1, 0.15) is 9.71 Å². The Bertz CT molecular complexity index is 2240. The second-order valence-electron chi connectivity index (χ2n) is 10.7. The molecule has 0 aliphatic heterocycles. The molecule has 3 aromatic heterocycles. The third-order valence-electron chi connectivity index (χ3n) is 7.67. The molecular formula is C38H27N3O2S2. The van der Waals surface area contributed by atoms with Crippen molar-refractivity contribution in [3.8, 4) is 22.4 Å². The van der Waals surface area contributed by atoms with E-state index < -0.39 is 0 Å². The number of pyridine rings is 1. The fourth-order valence-electron chi connectivity index (χ4n) is 5.46. The number of nitrogens with one attached hydrogen (secondary N) is 1. The lowest BCUT2D eigenvalue weighted by Gasteiger charge is -2.11. The lowest BCUT2D eigenvalue weighted by molar-refractivity contribution is 0.102. The summed E-state index contributed by atoms with van der Waals surface area (Å²) in [5, 5.41) is 7.92. The normalized spacial score (nSPS) is 11.4. The van der Waals surface area contributed by atoms with Crippen LogP contribution in [0.3, 0.4) is 0 Å². The number of hydrogen-bond acceptors (Lipinski definition) is 6. The van der Waals surface area contributed by atoms with Gasteiger partial charge in [-0.1, -0.05) is 78.4 Å². The van der Waals surface area contributed by atoms with Gasteiger partial charge in [-0.25, -0.2) is 4.98 Å². The fourth-order valence-corrected chi connectivity index (χ4v) is 7.10. The molecule has 5 nitrogen and oxygen atoms in total. The van der Waals surface area contributed by atoms with E-state index in [-0.39, 0.29) is 11.7 Å². The number of nitrogens with zero attached hydrogens (tertiary/aromatic N) is 1. The zero-order chi connectivity index (χ0) is 30.9. The van der Waals surface area contributed by atoms with Crippen LogP contribution in [0.2, 0.25) is 0 Å². The minimum atomic E-state index is -0.325. The van der Waals surface area contributed by atoms with Crippen LogP contribution in [0.5, 0.6) is 0 Å². The summed E-state index contributed by atoms with van der Waals surface area (Å²) in [6.45, 7) is 2.06. The quantitative estimate of drug-likeness (QED) is 0.137. The van der Waals surface area contributed by atoms with Gasteiger partial charge in [-0.3, -0.25) is 9.59 Å². The highest BCUT2D eigenvalue weighted by Crippen LogP contribution is 2.42. The zero-order valence-corrected chi connectivity index (χ0v) is 25.9. The average molecular weight is 622 g/mol. The number of nitrogens with two attached hydrogens (primary N) is 1. The molecule has 0 radical (unpaired) electrons. The van der Waals surface area contributed by atoms with Gasteiger partial charge in [-0.2, -0.15) is 0 Å². The van der Waals surface area contributed by atoms with E-state index in [9.17, 15) is 9.59 Å². The Morgan fingerprint density at radius 1 is 0.844 bits per heavy atom. The number of fused-ring (bicyclic) bond motifs is 2. The van der Waals surface area contributed by atoms with Crippen LogP contribution in [-0.2, 0) is 0 Å². The van der Waals surface area contributed by atoms with Crippen LogP contribution in [0.4, 0.5) is 11.4 Å². The molecule has 0 fully saturated rings. The molecule has 7 rings (SSSR count). The van der Waals surface area contributed by atoms with Gasteiger partial charge in [-0.05, 0) is 82.8 Å². The predicted molar refractivity (Wildman–Crippen MR) is 189 cm³/mol. The Morgan fingerprint density at radius 3 is 2.44 bits per heavy atom. The minimum Gasteiger partial charge on any atom is -0.397 e. The molecule has 1 amide bonds. The Hall–Kier alpha value is -5.37. The van der Waals surface area contributed by atoms with Gasteiger partial charge in [0.15, 0.2) is 5.78 Å². The van der Waals surface area contributed by atoms with Crippen molar-refractivity contribution < 1.29 is 9.59 Å². The summed E-state index contributed by atoms with van der Waals surface area (Å²) in [7, 11) is 0. The molecule has 0 spiro atoms. The Balaban J connectivity index is 1.25. The maximum absolute atomic E-state index is 13.6. The predicted octanol–water partition coefficient (Wildman–Crippen LogP) is 9.88. The van der Waals surface area contributed by atoms with Gasteiger partial charge >= 0.3 is 0 Å². The van der Waals surface area contributed by atoms with Crippen molar-refractivity contribution in [2.24, 2.45) is 0 Å². The molecule has 0 bridgehead atoms. The third kappa shape index (κ3) is 5.67. The number of hydrogen-bond donors (Lipinski definition) is 2. The van der Waals surface area contributed by atoms with Crippen LogP contribution in [-0.4, -0.2) is 16.7 Å². The average Bonchev–Trinajstić information content (AvgIpc) is 3.71. The molecule has 4 aromatic carbocycles. The highest BCUT2D eigenvalue weighted by molar-refractivity contribution is 7.21. The van der Waals surface area contributed by atoms with E-state index in [0.29, 0.717) is 26.6 Å². The number of thiophene rings is 2. The second kappa shape index (κ2) is 12.0. The lowest BCUT2D eigenvalue weighted by atomic mass is 9.96. The maximum atomic E-state index is 13.6. The van der Waals surface area contributed by atoms with Crippen molar-refractivity contribution in [3.63, 3.8) is 0 Å². The first-order valence-electron chi connectivity index (χ1n) is 14.4. The number of allylic oxidation sites excluding steroid dienone is 1. The molecule has 0 unspecified atom stereocenters. The van der Waals surface area contributed by atoms with Gasteiger partial charge in [-0.15, -0.1) is 22.7 Å². The largest absolute Gasteiger partial charge is 0.397 e. The summed E-state index contributed by atoms with van der Waals surface area (Å²) in [6, 6.07) is 35.6. The van der Waals surface area contributed by atoms with Crippen LogP contribution in [0.25, 0.3) is 49.4 Å². The monoisotopic (exact) mass is 621 g/mol. The number of amides is 1. The Morgan fingerprint density at radius 2 is 1.64 bits per heavy atom. The minimum absolute atomic E-state index is 0.105. The van der Waals surface area contributed by atoms with Crippen LogP contribution < -0.4 is 11.1 Å². The number of carbonyl (C=O) groups excluding carboxylic acids is 2. The highest BCUT2D eigenvalue weighted by atomic mass is 32.1. The number of nitrogen functional groups attached to an aromatic ring is 1. The van der Waals surface area contributed by atoms with Crippen molar-refractivity contribution in [3.05, 3.63) is 142 Å². The molecule has 0 aliphatic carbocycles. The first-order valence-corrected chi connectivity index (χ1v) is 16.1. The van der Waals surface area contributed by atoms with Gasteiger partial charge in [0.05, 0.1) is 11.4 Å². The fraction of sp³-hybridized carbons (Fsp3) is 0.0263. The van der Waals surface area contributed by atoms with Crippen molar-refractivity contribution in [1.29, 1.82) is 0 Å². The molecule has 0 saturated heterocycles. The van der Waals surface area contributed by atoms with Crippen LogP contribution in [0.1, 0.15) is 30.5 Å². The Kier molecular flexibility index (Phi) is 7.55. The number of aromatic nitrogens is 1. The van der Waals surface area contributed by atoms with Crippen molar-refractivity contribution >= 4 is 72.8 Å². The van der Waals surface area contributed by atoms with E-state index in [2.05, 4.69) is 60.8 Å². The summed E-state index contributed by atoms with van der Waals surface area (Å²) >= 11 is 2.85. The molecule has 218 valence electrons. The van der Waals surface area contributed by atoms with Crippen molar-refractivity contribution in [1.82, 2.24) is 4.98 Å².